The molecular formula is C16H19N3O2S2. The molecule has 122 valence electrons. The maximum atomic E-state index is 12.2. The van der Waals surface area contributed by atoms with Gasteiger partial charge < -0.3 is 19.9 Å². The van der Waals surface area contributed by atoms with E-state index in [0.29, 0.717) is 23.1 Å². The molecule has 1 aliphatic rings. The second kappa shape index (κ2) is 7.23. The van der Waals surface area contributed by atoms with E-state index in [1.807, 2.05) is 36.0 Å². The lowest BCUT2D eigenvalue weighted by Crippen LogP contribution is -2.40. The highest BCUT2D eigenvalue weighted by Crippen LogP contribution is 2.29. The van der Waals surface area contributed by atoms with Gasteiger partial charge in [0.25, 0.3) is 0 Å². The van der Waals surface area contributed by atoms with Gasteiger partial charge in [-0.2, -0.15) is 11.8 Å². The first-order valence-corrected chi connectivity index (χ1v) is 9.18. The van der Waals surface area contributed by atoms with Crippen molar-refractivity contribution in [3.8, 4) is 0 Å². The van der Waals surface area contributed by atoms with Gasteiger partial charge in [-0.25, -0.2) is 4.79 Å². The minimum atomic E-state index is -0.372. The quantitative estimate of drug-likeness (QED) is 0.656. The highest BCUT2D eigenvalue weighted by Gasteiger charge is 2.21. The molecule has 2 N–H and O–H groups in total. The number of para-hydroxylation sites is 1. The summed E-state index contributed by atoms with van der Waals surface area (Å²) in [4.78, 5) is 17.5. The lowest BCUT2D eigenvalue weighted by Gasteiger charge is -2.29. The van der Waals surface area contributed by atoms with Gasteiger partial charge in [-0.1, -0.05) is 18.2 Å². The first-order valence-electron chi connectivity index (χ1n) is 7.62. The van der Waals surface area contributed by atoms with Crippen LogP contribution in [0.2, 0.25) is 0 Å². The summed E-state index contributed by atoms with van der Waals surface area (Å²) < 4.78 is 5.15. The van der Waals surface area contributed by atoms with Gasteiger partial charge in [0.15, 0.2) is 5.11 Å². The van der Waals surface area contributed by atoms with Crippen molar-refractivity contribution in [2.24, 2.45) is 0 Å². The van der Waals surface area contributed by atoms with Gasteiger partial charge in [0.2, 0.25) is 0 Å². The highest BCUT2D eigenvalue weighted by atomic mass is 32.2. The number of aromatic nitrogens is 1. The Balaban J connectivity index is 1.92. The Morgan fingerprint density at radius 3 is 2.87 bits per heavy atom. The number of hydrogen-bond donors (Lipinski definition) is 2. The van der Waals surface area contributed by atoms with Crippen LogP contribution < -0.4 is 5.32 Å². The summed E-state index contributed by atoms with van der Waals surface area (Å²) in [6.07, 6.45) is 0. The molecule has 23 heavy (non-hydrogen) atoms. The van der Waals surface area contributed by atoms with E-state index >= 15 is 0 Å². The topological polar surface area (TPSA) is 57.4 Å². The third-order valence-corrected chi connectivity index (χ3v) is 5.02. The number of esters is 1. The van der Waals surface area contributed by atoms with Gasteiger partial charge >= 0.3 is 5.97 Å². The Labute approximate surface area is 144 Å². The van der Waals surface area contributed by atoms with Crippen LogP contribution in [-0.2, 0) is 4.74 Å². The molecule has 0 atom stereocenters. The highest BCUT2D eigenvalue weighted by molar-refractivity contribution is 7.99. The zero-order valence-electron chi connectivity index (χ0n) is 12.9. The molecule has 1 aliphatic heterocycles. The number of nitrogens with zero attached hydrogens (tertiary/aromatic N) is 1. The van der Waals surface area contributed by atoms with E-state index < -0.39 is 0 Å². The summed E-state index contributed by atoms with van der Waals surface area (Å²) in [5.41, 5.74) is 2.00. The van der Waals surface area contributed by atoms with Gasteiger partial charge in [-0.15, -0.1) is 0 Å². The third-order valence-electron chi connectivity index (χ3n) is 3.72. The summed E-state index contributed by atoms with van der Waals surface area (Å²) in [6.45, 7) is 3.98. The summed E-state index contributed by atoms with van der Waals surface area (Å²) in [6, 6.07) is 7.77. The van der Waals surface area contributed by atoms with Crippen molar-refractivity contribution in [1.82, 2.24) is 9.88 Å². The number of benzene rings is 1. The number of H-pyrrole nitrogens is 1. The van der Waals surface area contributed by atoms with E-state index in [0.717, 1.165) is 35.5 Å². The predicted molar refractivity (Wildman–Crippen MR) is 99.4 cm³/mol. The molecule has 0 bridgehead atoms. The fourth-order valence-electron chi connectivity index (χ4n) is 2.58. The molecule has 1 saturated heterocycles. The molecule has 0 unspecified atom stereocenters. The van der Waals surface area contributed by atoms with Crippen molar-refractivity contribution < 1.29 is 9.53 Å². The van der Waals surface area contributed by atoms with Gasteiger partial charge in [-0.05, 0) is 25.2 Å². The molecular weight excluding hydrogens is 330 g/mol. The molecule has 5 nitrogen and oxygen atoms in total. The van der Waals surface area contributed by atoms with Crippen molar-refractivity contribution in [3.63, 3.8) is 0 Å². The molecule has 2 heterocycles. The molecule has 1 fully saturated rings. The average molecular weight is 349 g/mol. The van der Waals surface area contributed by atoms with Crippen molar-refractivity contribution in [2.45, 2.75) is 6.92 Å². The Hall–Kier alpha value is -1.73. The largest absolute Gasteiger partial charge is 0.461 e. The van der Waals surface area contributed by atoms with Crippen molar-refractivity contribution in [2.75, 3.05) is 36.5 Å². The molecule has 3 rings (SSSR count). The molecule has 0 radical (unpaired) electrons. The Kier molecular flexibility index (Phi) is 5.07. The number of ether oxygens (including phenoxy) is 1. The number of thioether (sulfide) groups is 1. The van der Waals surface area contributed by atoms with E-state index in [2.05, 4.69) is 15.2 Å². The second-order valence-corrected chi connectivity index (χ2v) is 6.78. The first kappa shape index (κ1) is 16.1. The average Bonchev–Trinajstić information content (AvgIpc) is 2.95. The van der Waals surface area contributed by atoms with Gasteiger partial charge in [0.1, 0.15) is 5.69 Å². The van der Waals surface area contributed by atoms with Crippen LogP contribution in [0, 0.1) is 0 Å². The number of rotatable bonds is 3. The number of carbonyl (C=O) groups is 1. The van der Waals surface area contributed by atoms with Gasteiger partial charge in [-0.3, -0.25) is 0 Å². The Morgan fingerprint density at radius 1 is 1.39 bits per heavy atom. The van der Waals surface area contributed by atoms with Gasteiger partial charge in [0, 0.05) is 35.5 Å². The normalized spacial score (nSPS) is 14.7. The number of fused-ring (bicyclic) bond motifs is 1. The summed E-state index contributed by atoms with van der Waals surface area (Å²) in [5, 5.41) is 4.85. The lowest BCUT2D eigenvalue weighted by molar-refractivity contribution is 0.0522. The maximum Gasteiger partial charge on any atom is 0.356 e. The lowest BCUT2D eigenvalue weighted by atomic mass is 10.2. The van der Waals surface area contributed by atoms with Crippen LogP contribution >= 0.6 is 24.0 Å². The number of nitrogens with one attached hydrogen (secondary N) is 2. The van der Waals surface area contributed by atoms with Crippen molar-refractivity contribution in [1.29, 1.82) is 0 Å². The molecule has 1 aromatic heterocycles. The molecule has 2 aromatic rings. The maximum absolute atomic E-state index is 12.2. The van der Waals surface area contributed by atoms with Crippen molar-refractivity contribution in [3.05, 3.63) is 30.0 Å². The number of carbonyl (C=O) groups excluding carboxylic acids is 1. The minimum Gasteiger partial charge on any atom is -0.461 e. The van der Waals surface area contributed by atoms with Crippen LogP contribution in [0.1, 0.15) is 17.4 Å². The van der Waals surface area contributed by atoms with E-state index in [4.69, 9.17) is 17.0 Å². The smallest absolute Gasteiger partial charge is 0.356 e. The summed E-state index contributed by atoms with van der Waals surface area (Å²) in [7, 11) is 0. The van der Waals surface area contributed by atoms with Crippen molar-refractivity contribution >= 4 is 51.7 Å². The zero-order chi connectivity index (χ0) is 16.2. The predicted octanol–water partition coefficient (Wildman–Crippen LogP) is 3.09. The number of thiocarbonyl (C=S) groups is 1. The number of aromatic amines is 1. The fourth-order valence-corrected chi connectivity index (χ4v) is 3.77. The number of hydrogen-bond acceptors (Lipinski definition) is 4. The van der Waals surface area contributed by atoms with Crippen LogP contribution in [-0.4, -0.2) is 52.2 Å². The molecule has 0 amide bonds. The molecule has 7 heteroatoms. The van der Waals surface area contributed by atoms with E-state index in [1.165, 1.54) is 0 Å². The summed E-state index contributed by atoms with van der Waals surface area (Å²) >= 11 is 7.47. The first-order chi connectivity index (χ1) is 11.2. The molecule has 1 aromatic carbocycles. The standard InChI is InChI=1S/C16H19N3O2S2/c1-2-21-15(20)14-13(11-5-3-4-6-12(11)17-14)18-16(22)19-7-9-23-10-8-19/h3-6,17H,2,7-10H2,1H3,(H,18,22). The van der Waals surface area contributed by atoms with E-state index in [-0.39, 0.29) is 5.97 Å². The van der Waals surface area contributed by atoms with Crippen LogP contribution in [0.25, 0.3) is 10.9 Å². The second-order valence-electron chi connectivity index (χ2n) is 5.17. The van der Waals surface area contributed by atoms with E-state index in [9.17, 15) is 4.79 Å². The SMILES string of the molecule is CCOC(=O)c1[nH]c2ccccc2c1NC(=S)N1CCSCC1. The number of anilines is 1. The Morgan fingerprint density at radius 2 is 2.13 bits per heavy atom. The summed E-state index contributed by atoms with van der Waals surface area (Å²) in [5.74, 6) is 1.77. The van der Waals surface area contributed by atoms with Crippen LogP contribution in [0.15, 0.2) is 24.3 Å². The molecule has 0 saturated carbocycles. The third kappa shape index (κ3) is 3.45. The van der Waals surface area contributed by atoms with Crippen LogP contribution in [0.4, 0.5) is 5.69 Å². The van der Waals surface area contributed by atoms with Crippen LogP contribution in [0.3, 0.4) is 0 Å². The zero-order valence-corrected chi connectivity index (χ0v) is 14.6. The minimum absolute atomic E-state index is 0.335. The molecule has 0 aliphatic carbocycles. The van der Waals surface area contributed by atoms with Gasteiger partial charge in [0.05, 0.1) is 12.3 Å². The molecule has 0 spiro atoms. The van der Waals surface area contributed by atoms with E-state index in [1.54, 1.807) is 6.92 Å². The van der Waals surface area contributed by atoms with Crippen LogP contribution in [0.5, 0.6) is 0 Å². The monoisotopic (exact) mass is 349 g/mol. The Bertz CT molecular complexity index is 723. The fraction of sp³-hybridized carbons (Fsp3) is 0.375.